The molecule has 0 bridgehead atoms. The number of nitrogens with one attached hydrogen (secondary N) is 1. The minimum absolute atomic E-state index is 0.00298. The number of carboxylic acid groups (broad SMARTS) is 1. The van der Waals surface area contributed by atoms with Gasteiger partial charge in [0.05, 0.1) is 5.69 Å². The summed E-state index contributed by atoms with van der Waals surface area (Å²) in [7, 11) is 0. The van der Waals surface area contributed by atoms with Crippen molar-refractivity contribution in [2.45, 2.75) is 47.0 Å². The van der Waals surface area contributed by atoms with E-state index >= 15 is 0 Å². The quantitative estimate of drug-likeness (QED) is 0.807. The number of hydrogen-bond donors (Lipinski definition) is 2. The SMILES string of the molecule is Cc1cc(C(=O)NCCC(CCC(=O)O)C(C)(C)C)on1. The summed E-state index contributed by atoms with van der Waals surface area (Å²) < 4.78 is 4.89. The Labute approximate surface area is 124 Å². The van der Waals surface area contributed by atoms with Gasteiger partial charge in [0, 0.05) is 19.0 Å². The molecular formula is C15H24N2O4. The number of amides is 1. The predicted molar refractivity (Wildman–Crippen MR) is 78.0 cm³/mol. The van der Waals surface area contributed by atoms with Crippen molar-refractivity contribution in [1.29, 1.82) is 0 Å². The Morgan fingerprint density at radius 1 is 1.38 bits per heavy atom. The summed E-state index contributed by atoms with van der Waals surface area (Å²) in [6, 6.07) is 1.58. The average Bonchev–Trinajstić information content (AvgIpc) is 2.78. The van der Waals surface area contributed by atoms with Crippen LogP contribution < -0.4 is 5.32 Å². The molecule has 1 heterocycles. The molecule has 2 N–H and O–H groups in total. The molecule has 1 unspecified atom stereocenters. The number of aromatic nitrogens is 1. The molecule has 0 aliphatic carbocycles. The minimum atomic E-state index is -0.787. The Morgan fingerprint density at radius 3 is 2.52 bits per heavy atom. The first-order valence-corrected chi connectivity index (χ1v) is 7.13. The van der Waals surface area contributed by atoms with Gasteiger partial charge in [-0.2, -0.15) is 0 Å². The van der Waals surface area contributed by atoms with E-state index in [-0.39, 0.29) is 29.4 Å². The summed E-state index contributed by atoms with van der Waals surface area (Å²) >= 11 is 0. The van der Waals surface area contributed by atoms with Crippen molar-refractivity contribution in [3.63, 3.8) is 0 Å². The molecule has 21 heavy (non-hydrogen) atoms. The summed E-state index contributed by atoms with van der Waals surface area (Å²) in [5.41, 5.74) is 0.664. The van der Waals surface area contributed by atoms with Crippen LogP contribution in [0.15, 0.2) is 10.6 Å². The molecule has 0 aromatic carbocycles. The second-order valence-electron chi connectivity index (χ2n) is 6.37. The smallest absolute Gasteiger partial charge is 0.303 e. The van der Waals surface area contributed by atoms with Crippen LogP contribution in [0.3, 0.4) is 0 Å². The summed E-state index contributed by atoms with van der Waals surface area (Å²) in [6.07, 6.45) is 1.49. The summed E-state index contributed by atoms with van der Waals surface area (Å²) in [5.74, 6) is -0.650. The largest absolute Gasteiger partial charge is 0.481 e. The van der Waals surface area contributed by atoms with E-state index in [1.165, 1.54) is 0 Å². The maximum atomic E-state index is 11.8. The van der Waals surface area contributed by atoms with E-state index in [0.717, 1.165) is 6.42 Å². The predicted octanol–water partition coefficient (Wildman–Crippen LogP) is 2.63. The van der Waals surface area contributed by atoms with E-state index < -0.39 is 5.97 Å². The Hall–Kier alpha value is -1.85. The lowest BCUT2D eigenvalue weighted by molar-refractivity contribution is -0.137. The number of carboxylic acids is 1. The molecule has 0 aliphatic heterocycles. The maximum absolute atomic E-state index is 11.8. The molecule has 6 nitrogen and oxygen atoms in total. The zero-order valence-corrected chi connectivity index (χ0v) is 13.1. The van der Waals surface area contributed by atoms with Gasteiger partial charge < -0.3 is 14.9 Å². The van der Waals surface area contributed by atoms with Gasteiger partial charge in [-0.3, -0.25) is 9.59 Å². The van der Waals surface area contributed by atoms with Gasteiger partial charge in [-0.15, -0.1) is 0 Å². The Bertz CT molecular complexity index is 488. The zero-order chi connectivity index (χ0) is 16.0. The van der Waals surface area contributed by atoms with Crippen LogP contribution >= 0.6 is 0 Å². The van der Waals surface area contributed by atoms with Gasteiger partial charge in [-0.25, -0.2) is 0 Å². The highest BCUT2D eigenvalue weighted by molar-refractivity contribution is 5.91. The van der Waals surface area contributed by atoms with Crippen molar-refractivity contribution in [3.05, 3.63) is 17.5 Å². The first kappa shape index (κ1) is 17.2. The monoisotopic (exact) mass is 296 g/mol. The normalized spacial score (nSPS) is 13.0. The molecule has 0 fully saturated rings. The lowest BCUT2D eigenvalue weighted by Crippen LogP contribution is -2.29. The third-order valence-corrected chi connectivity index (χ3v) is 3.56. The van der Waals surface area contributed by atoms with Crippen LogP contribution in [0.1, 0.15) is 56.3 Å². The molecule has 1 aromatic heterocycles. The second kappa shape index (κ2) is 7.24. The van der Waals surface area contributed by atoms with Gasteiger partial charge in [-0.1, -0.05) is 25.9 Å². The standard InChI is InChI=1S/C15H24N2O4/c1-10-9-12(21-17-10)14(20)16-8-7-11(15(2,3)4)5-6-13(18)19/h9,11H,5-8H2,1-4H3,(H,16,20)(H,18,19). The first-order valence-electron chi connectivity index (χ1n) is 7.13. The highest BCUT2D eigenvalue weighted by Crippen LogP contribution is 2.32. The van der Waals surface area contributed by atoms with E-state index in [2.05, 4.69) is 31.2 Å². The molecular weight excluding hydrogens is 272 g/mol. The van der Waals surface area contributed by atoms with Crippen molar-refractivity contribution in [2.24, 2.45) is 11.3 Å². The summed E-state index contributed by atoms with van der Waals surface area (Å²) in [5, 5.41) is 15.3. The van der Waals surface area contributed by atoms with Crippen LogP contribution in [-0.2, 0) is 4.79 Å². The molecule has 0 aliphatic rings. The third kappa shape index (κ3) is 5.97. The van der Waals surface area contributed by atoms with Crippen molar-refractivity contribution >= 4 is 11.9 Å². The average molecular weight is 296 g/mol. The molecule has 6 heteroatoms. The zero-order valence-electron chi connectivity index (χ0n) is 13.1. The van der Waals surface area contributed by atoms with E-state index in [9.17, 15) is 9.59 Å². The Morgan fingerprint density at radius 2 is 2.05 bits per heavy atom. The van der Waals surface area contributed by atoms with E-state index in [1.807, 2.05) is 0 Å². The van der Waals surface area contributed by atoms with Gasteiger partial charge in [0.15, 0.2) is 0 Å². The summed E-state index contributed by atoms with van der Waals surface area (Å²) in [6.45, 7) is 8.49. The molecule has 1 aromatic rings. The maximum Gasteiger partial charge on any atom is 0.303 e. The van der Waals surface area contributed by atoms with Crippen LogP contribution in [0.5, 0.6) is 0 Å². The topological polar surface area (TPSA) is 92.4 Å². The molecule has 1 rings (SSSR count). The minimum Gasteiger partial charge on any atom is -0.481 e. The van der Waals surface area contributed by atoms with Crippen LogP contribution in [0.4, 0.5) is 0 Å². The molecule has 118 valence electrons. The van der Waals surface area contributed by atoms with E-state index in [1.54, 1.807) is 13.0 Å². The lowest BCUT2D eigenvalue weighted by Gasteiger charge is -2.30. The number of carbonyl (C=O) groups is 2. The number of aryl methyl sites for hydroxylation is 1. The highest BCUT2D eigenvalue weighted by atomic mass is 16.5. The summed E-state index contributed by atoms with van der Waals surface area (Å²) in [4.78, 5) is 22.5. The van der Waals surface area contributed by atoms with Crippen LogP contribution in [0.25, 0.3) is 0 Å². The van der Waals surface area contributed by atoms with Crippen molar-refractivity contribution in [2.75, 3.05) is 6.54 Å². The number of hydrogen-bond acceptors (Lipinski definition) is 4. The lowest BCUT2D eigenvalue weighted by atomic mass is 9.76. The molecule has 0 radical (unpaired) electrons. The van der Waals surface area contributed by atoms with Gasteiger partial charge >= 0.3 is 5.97 Å². The van der Waals surface area contributed by atoms with E-state index in [4.69, 9.17) is 9.63 Å². The van der Waals surface area contributed by atoms with Crippen molar-refractivity contribution in [1.82, 2.24) is 10.5 Å². The highest BCUT2D eigenvalue weighted by Gasteiger charge is 2.25. The van der Waals surface area contributed by atoms with Crippen molar-refractivity contribution in [3.8, 4) is 0 Å². The third-order valence-electron chi connectivity index (χ3n) is 3.56. The molecule has 0 saturated heterocycles. The van der Waals surface area contributed by atoms with Crippen LogP contribution in [-0.4, -0.2) is 28.7 Å². The van der Waals surface area contributed by atoms with Gasteiger partial charge in [0.25, 0.3) is 5.91 Å². The van der Waals surface area contributed by atoms with Crippen LogP contribution in [0, 0.1) is 18.3 Å². The Kier molecular flexibility index (Phi) is 5.93. The number of carbonyl (C=O) groups excluding carboxylic acids is 1. The fourth-order valence-corrected chi connectivity index (χ4v) is 2.23. The number of nitrogens with zero attached hydrogens (tertiary/aromatic N) is 1. The number of aliphatic carboxylic acids is 1. The fourth-order valence-electron chi connectivity index (χ4n) is 2.23. The fraction of sp³-hybridized carbons (Fsp3) is 0.667. The first-order chi connectivity index (χ1) is 9.70. The van der Waals surface area contributed by atoms with E-state index in [0.29, 0.717) is 18.7 Å². The number of rotatable bonds is 7. The molecule has 1 amide bonds. The Balaban J connectivity index is 2.46. The van der Waals surface area contributed by atoms with Gasteiger partial charge in [-0.05, 0) is 31.1 Å². The van der Waals surface area contributed by atoms with Crippen LogP contribution in [0.2, 0.25) is 0 Å². The molecule has 0 spiro atoms. The van der Waals surface area contributed by atoms with Gasteiger partial charge in [0.1, 0.15) is 0 Å². The second-order valence-corrected chi connectivity index (χ2v) is 6.37. The molecule has 0 saturated carbocycles. The molecule has 1 atom stereocenters. The van der Waals surface area contributed by atoms with Crippen molar-refractivity contribution < 1.29 is 19.2 Å². The van der Waals surface area contributed by atoms with Gasteiger partial charge in [0.2, 0.25) is 5.76 Å².